The summed E-state index contributed by atoms with van der Waals surface area (Å²) in [5, 5.41) is 21.0. The fraction of sp³-hybridized carbons (Fsp3) is 0.263. The minimum atomic E-state index is -3.87. The lowest BCUT2D eigenvalue weighted by Gasteiger charge is -2.19. The Morgan fingerprint density at radius 1 is 1.07 bits per heavy atom. The number of hydrogen-bond donors (Lipinski definition) is 3. The molecule has 28 heavy (non-hydrogen) atoms. The number of aromatic hydroxyl groups is 1. The SMILES string of the molecule is Cc1ccc(S(=O)(=O)N(C)CC(=O)N[C@@H](Cc2ccc(O)cc2)C(=O)O)cc1. The second-order valence-electron chi connectivity index (χ2n) is 6.40. The van der Waals surface area contributed by atoms with E-state index >= 15 is 0 Å². The topological polar surface area (TPSA) is 124 Å². The van der Waals surface area contributed by atoms with Crippen molar-refractivity contribution < 1.29 is 28.2 Å². The molecule has 8 nitrogen and oxygen atoms in total. The summed E-state index contributed by atoms with van der Waals surface area (Å²) in [6, 6.07) is 10.9. The molecule has 2 aromatic carbocycles. The van der Waals surface area contributed by atoms with Crippen molar-refractivity contribution in [3.63, 3.8) is 0 Å². The molecule has 0 aliphatic rings. The van der Waals surface area contributed by atoms with Crippen molar-refractivity contribution in [3.05, 3.63) is 59.7 Å². The summed E-state index contributed by atoms with van der Waals surface area (Å²) in [7, 11) is -2.62. The van der Waals surface area contributed by atoms with Crippen LogP contribution in [0.3, 0.4) is 0 Å². The first-order valence-electron chi connectivity index (χ1n) is 8.42. The van der Waals surface area contributed by atoms with E-state index in [4.69, 9.17) is 0 Å². The first kappa shape index (κ1) is 21.4. The molecule has 0 aromatic heterocycles. The highest BCUT2D eigenvalue weighted by molar-refractivity contribution is 7.89. The van der Waals surface area contributed by atoms with Crippen LogP contribution in [0.1, 0.15) is 11.1 Å². The van der Waals surface area contributed by atoms with Crippen LogP contribution in [0.25, 0.3) is 0 Å². The van der Waals surface area contributed by atoms with Crippen molar-refractivity contribution in [2.24, 2.45) is 0 Å². The molecule has 1 amide bonds. The van der Waals surface area contributed by atoms with E-state index in [1.165, 1.54) is 31.3 Å². The van der Waals surface area contributed by atoms with Crippen molar-refractivity contribution in [2.75, 3.05) is 13.6 Å². The third-order valence-electron chi connectivity index (χ3n) is 4.10. The highest BCUT2D eigenvalue weighted by atomic mass is 32.2. The monoisotopic (exact) mass is 406 g/mol. The van der Waals surface area contributed by atoms with Gasteiger partial charge in [0, 0.05) is 13.5 Å². The van der Waals surface area contributed by atoms with Crippen LogP contribution >= 0.6 is 0 Å². The lowest BCUT2D eigenvalue weighted by molar-refractivity contribution is -0.141. The first-order valence-corrected chi connectivity index (χ1v) is 9.86. The van der Waals surface area contributed by atoms with E-state index in [1.807, 2.05) is 6.92 Å². The Labute approximate surface area is 163 Å². The molecule has 0 radical (unpaired) electrons. The van der Waals surface area contributed by atoms with E-state index in [9.17, 15) is 28.2 Å². The molecule has 0 bridgehead atoms. The van der Waals surface area contributed by atoms with E-state index in [0.29, 0.717) is 5.56 Å². The van der Waals surface area contributed by atoms with Crippen LogP contribution in [-0.4, -0.2) is 54.4 Å². The molecule has 9 heteroatoms. The number of amides is 1. The van der Waals surface area contributed by atoms with Gasteiger partial charge in [0.2, 0.25) is 15.9 Å². The molecule has 0 unspecified atom stereocenters. The van der Waals surface area contributed by atoms with Crippen LogP contribution in [0.5, 0.6) is 5.75 Å². The number of aliphatic carboxylic acids is 1. The lowest BCUT2D eigenvalue weighted by atomic mass is 10.1. The van der Waals surface area contributed by atoms with Gasteiger partial charge in [-0.05, 0) is 36.8 Å². The average molecular weight is 406 g/mol. The minimum Gasteiger partial charge on any atom is -0.508 e. The van der Waals surface area contributed by atoms with Crippen LogP contribution in [-0.2, 0) is 26.0 Å². The van der Waals surface area contributed by atoms with E-state index < -0.39 is 34.5 Å². The number of phenols is 1. The summed E-state index contributed by atoms with van der Waals surface area (Å²) in [5.74, 6) is -1.93. The summed E-state index contributed by atoms with van der Waals surface area (Å²) < 4.78 is 25.9. The molecular formula is C19H22N2O6S. The van der Waals surface area contributed by atoms with Gasteiger partial charge in [-0.15, -0.1) is 0 Å². The molecular weight excluding hydrogens is 384 g/mol. The number of nitrogens with one attached hydrogen (secondary N) is 1. The lowest BCUT2D eigenvalue weighted by Crippen LogP contribution is -2.46. The second kappa shape index (κ2) is 8.85. The maximum atomic E-state index is 12.5. The Kier molecular flexibility index (Phi) is 6.76. The maximum absolute atomic E-state index is 12.5. The predicted molar refractivity (Wildman–Crippen MR) is 102 cm³/mol. The maximum Gasteiger partial charge on any atom is 0.326 e. The largest absolute Gasteiger partial charge is 0.508 e. The summed E-state index contributed by atoms with van der Waals surface area (Å²) in [6.45, 7) is 1.31. The first-order chi connectivity index (χ1) is 13.1. The number of carbonyl (C=O) groups is 2. The Bertz CT molecular complexity index is 939. The van der Waals surface area contributed by atoms with Gasteiger partial charge in [0.1, 0.15) is 11.8 Å². The molecule has 0 fully saturated rings. The van der Waals surface area contributed by atoms with Crippen LogP contribution in [0.4, 0.5) is 0 Å². The summed E-state index contributed by atoms with van der Waals surface area (Å²) in [6.07, 6.45) is -0.00419. The molecule has 150 valence electrons. The van der Waals surface area contributed by atoms with Gasteiger partial charge in [-0.2, -0.15) is 4.31 Å². The van der Waals surface area contributed by atoms with Crippen molar-refractivity contribution >= 4 is 21.9 Å². The zero-order chi connectivity index (χ0) is 20.9. The van der Waals surface area contributed by atoms with Gasteiger partial charge >= 0.3 is 5.97 Å². The Balaban J connectivity index is 2.04. The summed E-state index contributed by atoms with van der Waals surface area (Å²) >= 11 is 0. The Morgan fingerprint density at radius 2 is 1.64 bits per heavy atom. The zero-order valence-corrected chi connectivity index (χ0v) is 16.3. The number of aryl methyl sites for hydroxylation is 1. The van der Waals surface area contributed by atoms with E-state index in [0.717, 1.165) is 9.87 Å². The minimum absolute atomic E-state index is 0.00419. The molecule has 2 aromatic rings. The fourth-order valence-corrected chi connectivity index (χ4v) is 3.61. The number of carbonyl (C=O) groups excluding carboxylic acids is 1. The van der Waals surface area contributed by atoms with Crippen LogP contribution in [0.2, 0.25) is 0 Å². The van der Waals surface area contributed by atoms with Crippen molar-refractivity contribution in [2.45, 2.75) is 24.3 Å². The number of nitrogens with zero attached hydrogens (tertiary/aromatic N) is 1. The van der Waals surface area contributed by atoms with Crippen molar-refractivity contribution in [1.82, 2.24) is 9.62 Å². The van der Waals surface area contributed by atoms with Gasteiger partial charge in [-0.1, -0.05) is 29.8 Å². The zero-order valence-electron chi connectivity index (χ0n) is 15.5. The van der Waals surface area contributed by atoms with Gasteiger partial charge in [0.05, 0.1) is 11.4 Å². The number of phenolic OH excluding ortho intramolecular Hbond substituents is 1. The third-order valence-corrected chi connectivity index (χ3v) is 5.92. The average Bonchev–Trinajstić information content (AvgIpc) is 2.63. The normalized spacial score (nSPS) is 12.5. The number of carboxylic acids is 1. The number of sulfonamides is 1. The highest BCUT2D eigenvalue weighted by Gasteiger charge is 2.26. The van der Waals surface area contributed by atoms with Gasteiger partial charge < -0.3 is 15.5 Å². The molecule has 0 aliphatic carbocycles. The Morgan fingerprint density at radius 3 is 2.18 bits per heavy atom. The van der Waals surface area contributed by atoms with Crippen LogP contribution in [0.15, 0.2) is 53.4 Å². The number of benzene rings is 2. The molecule has 0 saturated carbocycles. The van der Waals surface area contributed by atoms with Gasteiger partial charge in [-0.3, -0.25) is 4.79 Å². The van der Waals surface area contributed by atoms with Gasteiger partial charge in [0.15, 0.2) is 0 Å². The third kappa shape index (κ3) is 5.54. The van der Waals surface area contributed by atoms with Crippen LogP contribution < -0.4 is 5.32 Å². The molecule has 3 N–H and O–H groups in total. The number of hydrogen-bond acceptors (Lipinski definition) is 5. The quantitative estimate of drug-likeness (QED) is 0.604. The number of rotatable bonds is 8. The van der Waals surface area contributed by atoms with E-state index in [-0.39, 0.29) is 17.1 Å². The molecule has 0 saturated heterocycles. The summed E-state index contributed by atoms with van der Waals surface area (Å²) in [4.78, 5) is 23.7. The molecule has 0 aliphatic heterocycles. The number of carboxylic acid groups (broad SMARTS) is 1. The second-order valence-corrected chi connectivity index (χ2v) is 8.45. The summed E-state index contributed by atoms with van der Waals surface area (Å²) in [5.41, 5.74) is 1.50. The standard InChI is InChI=1S/C19H22N2O6S/c1-13-3-9-16(10-4-13)28(26,27)21(2)12-18(23)20-17(19(24)25)11-14-5-7-15(22)8-6-14/h3-10,17,22H,11-12H2,1-2H3,(H,20,23)(H,24,25)/t17-/m0/s1. The highest BCUT2D eigenvalue weighted by Crippen LogP contribution is 2.15. The smallest absolute Gasteiger partial charge is 0.326 e. The van der Waals surface area contributed by atoms with Gasteiger partial charge in [0.25, 0.3) is 0 Å². The fourth-order valence-electron chi connectivity index (χ4n) is 2.49. The molecule has 0 heterocycles. The molecule has 1 atom stereocenters. The van der Waals surface area contributed by atoms with Gasteiger partial charge in [-0.25, -0.2) is 13.2 Å². The predicted octanol–water partition coefficient (Wildman–Crippen LogP) is 1.13. The van der Waals surface area contributed by atoms with Crippen molar-refractivity contribution in [1.29, 1.82) is 0 Å². The van der Waals surface area contributed by atoms with Crippen molar-refractivity contribution in [3.8, 4) is 5.75 Å². The van der Waals surface area contributed by atoms with Crippen LogP contribution in [0, 0.1) is 6.92 Å². The molecule has 2 rings (SSSR count). The number of likely N-dealkylation sites (N-methyl/N-ethyl adjacent to an activating group) is 1. The van der Waals surface area contributed by atoms with E-state index in [1.54, 1.807) is 24.3 Å². The Hall–Kier alpha value is -2.91. The van der Waals surface area contributed by atoms with E-state index in [2.05, 4.69) is 5.32 Å². The molecule has 0 spiro atoms.